The average Bonchev–Trinajstić information content (AvgIpc) is 3.30. The Kier molecular flexibility index (Phi) is 6.77. The van der Waals surface area contributed by atoms with Gasteiger partial charge in [-0.1, -0.05) is 11.8 Å². The van der Waals surface area contributed by atoms with Gasteiger partial charge in [0, 0.05) is 50.8 Å². The van der Waals surface area contributed by atoms with E-state index in [1.807, 2.05) is 23.6 Å². The van der Waals surface area contributed by atoms with Crippen molar-refractivity contribution in [2.75, 3.05) is 32.1 Å². The van der Waals surface area contributed by atoms with E-state index in [1.54, 1.807) is 12.4 Å². The van der Waals surface area contributed by atoms with Gasteiger partial charge < -0.3 is 14.6 Å². The summed E-state index contributed by atoms with van der Waals surface area (Å²) in [5.74, 6) is 0.625. The summed E-state index contributed by atoms with van der Waals surface area (Å²) in [6.07, 6.45) is 4.22. The van der Waals surface area contributed by atoms with Crippen LogP contribution in [0.15, 0.2) is 29.7 Å². The van der Waals surface area contributed by atoms with Gasteiger partial charge in [0.15, 0.2) is 11.0 Å². The van der Waals surface area contributed by atoms with Crippen molar-refractivity contribution in [2.24, 2.45) is 0 Å². The fourth-order valence-corrected chi connectivity index (χ4v) is 3.53. The van der Waals surface area contributed by atoms with Crippen LogP contribution in [-0.4, -0.2) is 68.6 Å². The molecule has 3 heterocycles. The van der Waals surface area contributed by atoms with E-state index in [4.69, 9.17) is 4.74 Å². The van der Waals surface area contributed by atoms with Crippen molar-refractivity contribution in [2.45, 2.75) is 25.0 Å². The molecule has 27 heavy (non-hydrogen) atoms. The Hall–Kier alpha value is -2.46. The van der Waals surface area contributed by atoms with Gasteiger partial charge in [0.05, 0.1) is 5.75 Å². The zero-order valence-electron chi connectivity index (χ0n) is 15.1. The molecule has 1 aliphatic rings. The fraction of sp³-hybridized carbons (Fsp3) is 0.471. The monoisotopic (exact) mass is 390 g/mol. The first-order valence-electron chi connectivity index (χ1n) is 8.83. The molecule has 0 saturated carbocycles. The van der Waals surface area contributed by atoms with Crippen LogP contribution in [0, 0.1) is 0 Å². The van der Waals surface area contributed by atoms with E-state index in [1.165, 1.54) is 16.7 Å². The van der Waals surface area contributed by atoms with Crippen LogP contribution in [0.4, 0.5) is 4.79 Å². The summed E-state index contributed by atoms with van der Waals surface area (Å²) in [7, 11) is 0. The molecule has 2 aromatic rings. The van der Waals surface area contributed by atoms with Crippen molar-refractivity contribution >= 4 is 23.7 Å². The van der Waals surface area contributed by atoms with Crippen LogP contribution in [0.2, 0.25) is 0 Å². The van der Waals surface area contributed by atoms with Gasteiger partial charge in [-0.2, -0.15) is 0 Å². The van der Waals surface area contributed by atoms with Crippen LogP contribution in [0.25, 0.3) is 11.4 Å². The van der Waals surface area contributed by atoms with E-state index in [2.05, 4.69) is 20.5 Å². The minimum absolute atomic E-state index is 0.132. The zero-order valence-corrected chi connectivity index (χ0v) is 15.9. The SMILES string of the molecule is CCOCCCn1c(SCC(=O)N2CCNC2=O)nnc1-c1ccncc1. The lowest BCUT2D eigenvalue weighted by atomic mass is 10.2. The van der Waals surface area contributed by atoms with E-state index >= 15 is 0 Å². The van der Waals surface area contributed by atoms with Gasteiger partial charge in [0.2, 0.25) is 5.91 Å². The maximum Gasteiger partial charge on any atom is 0.324 e. The third kappa shape index (κ3) is 4.83. The molecule has 0 bridgehead atoms. The lowest BCUT2D eigenvalue weighted by Gasteiger charge is -2.13. The van der Waals surface area contributed by atoms with Gasteiger partial charge in [0.25, 0.3) is 0 Å². The number of imide groups is 1. The molecule has 0 atom stereocenters. The molecule has 1 fully saturated rings. The number of thioether (sulfide) groups is 1. The number of hydrogen-bond acceptors (Lipinski definition) is 7. The van der Waals surface area contributed by atoms with Gasteiger partial charge in [0.1, 0.15) is 0 Å². The summed E-state index contributed by atoms with van der Waals surface area (Å²) in [5.41, 5.74) is 0.908. The predicted octanol–water partition coefficient (Wildman–Crippen LogP) is 1.41. The van der Waals surface area contributed by atoms with Crippen LogP contribution in [0.1, 0.15) is 13.3 Å². The van der Waals surface area contributed by atoms with Crippen LogP contribution >= 0.6 is 11.8 Å². The topological polar surface area (TPSA) is 102 Å². The lowest BCUT2D eigenvalue weighted by Crippen LogP contribution is -2.35. The van der Waals surface area contributed by atoms with Crippen molar-refractivity contribution in [3.8, 4) is 11.4 Å². The number of urea groups is 1. The molecule has 0 unspecified atom stereocenters. The predicted molar refractivity (Wildman–Crippen MR) is 100 cm³/mol. The first-order valence-corrected chi connectivity index (χ1v) is 9.81. The number of nitrogens with zero attached hydrogens (tertiary/aromatic N) is 5. The summed E-state index contributed by atoms with van der Waals surface area (Å²) in [5, 5.41) is 11.8. The quantitative estimate of drug-likeness (QED) is 0.510. The van der Waals surface area contributed by atoms with Crippen LogP contribution < -0.4 is 5.32 Å². The number of amides is 3. The summed E-state index contributed by atoms with van der Waals surface area (Å²) in [6.45, 7) is 4.85. The van der Waals surface area contributed by atoms with Crippen molar-refractivity contribution in [1.29, 1.82) is 0 Å². The largest absolute Gasteiger partial charge is 0.382 e. The maximum atomic E-state index is 12.3. The van der Waals surface area contributed by atoms with E-state index < -0.39 is 0 Å². The number of carbonyl (C=O) groups is 2. The normalized spacial score (nSPS) is 13.8. The van der Waals surface area contributed by atoms with Crippen LogP contribution in [0.5, 0.6) is 0 Å². The molecule has 1 N–H and O–H groups in total. The molecule has 3 rings (SSSR count). The van der Waals surface area contributed by atoms with Gasteiger partial charge >= 0.3 is 6.03 Å². The summed E-state index contributed by atoms with van der Waals surface area (Å²) < 4.78 is 7.40. The van der Waals surface area contributed by atoms with Crippen molar-refractivity contribution in [1.82, 2.24) is 30.0 Å². The Balaban J connectivity index is 1.72. The maximum absolute atomic E-state index is 12.3. The highest BCUT2D eigenvalue weighted by molar-refractivity contribution is 7.99. The van der Waals surface area contributed by atoms with E-state index in [9.17, 15) is 9.59 Å². The third-order valence-electron chi connectivity index (χ3n) is 4.01. The van der Waals surface area contributed by atoms with E-state index in [0.717, 1.165) is 17.8 Å². The Bertz CT molecular complexity index is 782. The minimum atomic E-state index is -0.337. The first-order chi connectivity index (χ1) is 13.2. The highest BCUT2D eigenvalue weighted by Crippen LogP contribution is 2.24. The molecule has 2 aromatic heterocycles. The number of rotatable bonds is 9. The Morgan fingerprint density at radius 2 is 2.15 bits per heavy atom. The number of aromatic nitrogens is 4. The second-order valence-electron chi connectivity index (χ2n) is 5.81. The molecule has 3 amide bonds. The molecule has 0 aromatic carbocycles. The van der Waals surface area contributed by atoms with Gasteiger partial charge in [-0.05, 0) is 25.5 Å². The number of nitrogens with one attached hydrogen (secondary N) is 1. The van der Waals surface area contributed by atoms with Gasteiger partial charge in [-0.15, -0.1) is 10.2 Å². The van der Waals surface area contributed by atoms with Crippen LogP contribution in [0.3, 0.4) is 0 Å². The number of ether oxygens (including phenoxy) is 1. The van der Waals surface area contributed by atoms with Crippen molar-refractivity contribution in [3.05, 3.63) is 24.5 Å². The molecular weight excluding hydrogens is 368 g/mol. The molecule has 10 heteroatoms. The van der Waals surface area contributed by atoms with Gasteiger partial charge in [-0.25, -0.2) is 4.79 Å². The number of carbonyl (C=O) groups excluding carboxylic acids is 2. The third-order valence-corrected chi connectivity index (χ3v) is 4.96. The Morgan fingerprint density at radius 3 is 2.85 bits per heavy atom. The molecule has 0 spiro atoms. The zero-order chi connectivity index (χ0) is 19.1. The highest BCUT2D eigenvalue weighted by atomic mass is 32.2. The Labute approximate surface area is 161 Å². The van der Waals surface area contributed by atoms with Crippen molar-refractivity contribution in [3.63, 3.8) is 0 Å². The average molecular weight is 390 g/mol. The van der Waals surface area contributed by atoms with Crippen LogP contribution in [-0.2, 0) is 16.1 Å². The first kappa shape index (κ1) is 19.3. The fourth-order valence-electron chi connectivity index (χ4n) is 2.69. The lowest BCUT2D eigenvalue weighted by molar-refractivity contribution is -0.124. The molecule has 0 radical (unpaired) electrons. The highest BCUT2D eigenvalue weighted by Gasteiger charge is 2.26. The standard InChI is InChI=1S/C17H22N6O3S/c1-2-26-11-3-9-23-15(13-4-6-18-7-5-13)20-21-17(23)27-12-14(24)22-10-8-19-16(22)25/h4-7H,2-3,8-12H2,1H3,(H,19,25). The molecule has 1 aliphatic heterocycles. The Morgan fingerprint density at radius 1 is 1.33 bits per heavy atom. The second kappa shape index (κ2) is 9.47. The molecular formula is C17H22N6O3S. The second-order valence-corrected chi connectivity index (χ2v) is 6.75. The smallest absolute Gasteiger partial charge is 0.324 e. The molecule has 9 nitrogen and oxygen atoms in total. The van der Waals surface area contributed by atoms with E-state index in [-0.39, 0.29) is 17.7 Å². The molecule has 1 saturated heterocycles. The molecule has 144 valence electrons. The van der Waals surface area contributed by atoms with Gasteiger partial charge in [-0.3, -0.25) is 14.7 Å². The summed E-state index contributed by atoms with van der Waals surface area (Å²) in [6, 6.07) is 3.41. The summed E-state index contributed by atoms with van der Waals surface area (Å²) >= 11 is 1.29. The number of hydrogen-bond donors (Lipinski definition) is 1. The molecule has 0 aliphatic carbocycles. The summed E-state index contributed by atoms with van der Waals surface area (Å²) in [4.78, 5) is 29.2. The van der Waals surface area contributed by atoms with E-state index in [0.29, 0.717) is 38.0 Å². The number of pyridine rings is 1. The minimum Gasteiger partial charge on any atom is -0.382 e. The van der Waals surface area contributed by atoms with Crippen molar-refractivity contribution < 1.29 is 14.3 Å².